The standard InChI is InChI=1S/C29H32BrNO5/c1-14-9-10-20-27(2,3)25(34)19(33)13-29(20)28(14,4)12-15-11-17(30)21-22(24(15)36-29)23(31-26(21)35)16-7-5-6-8-18(16)32/h5-8,11,14,19-20,23,32-33H,9-10,12-13H2,1-4H3,(H,31,35)/t14-,19+,20?,23+,28+,29-/m0/s1. The van der Waals surface area contributed by atoms with E-state index in [1.807, 2.05) is 32.0 Å². The molecule has 36 heavy (non-hydrogen) atoms. The molecule has 2 aliphatic carbocycles. The maximum absolute atomic E-state index is 13.2. The number of carbonyl (C=O) groups excluding carboxylic acids is 2. The first-order valence-corrected chi connectivity index (χ1v) is 13.6. The van der Waals surface area contributed by atoms with Crippen LogP contribution in [0.2, 0.25) is 0 Å². The number of benzene rings is 2. The maximum Gasteiger partial charge on any atom is 0.253 e. The molecule has 1 spiro atoms. The third kappa shape index (κ3) is 2.87. The van der Waals surface area contributed by atoms with Gasteiger partial charge < -0.3 is 20.3 Å². The van der Waals surface area contributed by atoms with E-state index in [9.17, 15) is 19.8 Å². The van der Waals surface area contributed by atoms with E-state index in [-0.39, 0.29) is 35.2 Å². The van der Waals surface area contributed by atoms with Gasteiger partial charge in [0.05, 0.1) is 11.6 Å². The SMILES string of the molecule is C[C@H]1CCC2C(C)(C)C(=O)[C@H](O)C[C@]23Oc2c(cc(Br)c4c2[C@@H](c2ccccc2O)NC4=O)C[C@]13C. The number of Topliss-reactive ketones (excluding diaryl/α,β-unsaturated/α-hetero) is 1. The average Bonchev–Trinajstić information content (AvgIpc) is 3.16. The zero-order chi connectivity index (χ0) is 25.8. The quantitative estimate of drug-likeness (QED) is 0.458. The Morgan fingerprint density at radius 3 is 2.58 bits per heavy atom. The summed E-state index contributed by atoms with van der Waals surface area (Å²) in [4.78, 5) is 26.3. The van der Waals surface area contributed by atoms with Crippen molar-refractivity contribution in [1.29, 1.82) is 0 Å². The fraction of sp³-hybridized carbons (Fsp3) is 0.517. The minimum atomic E-state index is -1.10. The smallest absolute Gasteiger partial charge is 0.253 e. The summed E-state index contributed by atoms with van der Waals surface area (Å²) in [6.45, 7) is 8.39. The number of phenolic OH excluding ortho intramolecular Hbond substituents is 1. The summed E-state index contributed by atoms with van der Waals surface area (Å²) in [5.41, 5.74) is 1.02. The van der Waals surface area contributed by atoms with Crippen LogP contribution in [0, 0.1) is 22.7 Å². The molecule has 0 saturated heterocycles. The summed E-state index contributed by atoms with van der Waals surface area (Å²) in [6.07, 6.45) is 1.69. The van der Waals surface area contributed by atoms with Crippen molar-refractivity contribution >= 4 is 27.6 Å². The Balaban J connectivity index is 1.60. The third-order valence-corrected chi connectivity index (χ3v) is 10.7. The van der Waals surface area contributed by atoms with Crippen molar-refractivity contribution < 1.29 is 24.5 Å². The number of fused-ring (bicyclic) bond motifs is 3. The molecule has 6 atom stereocenters. The number of aromatic hydroxyl groups is 1. The minimum Gasteiger partial charge on any atom is -0.508 e. The fourth-order valence-corrected chi connectivity index (χ4v) is 8.59. The fourth-order valence-electron chi connectivity index (χ4n) is 7.92. The number of hydrogen-bond donors (Lipinski definition) is 3. The largest absolute Gasteiger partial charge is 0.508 e. The van der Waals surface area contributed by atoms with Gasteiger partial charge in [0, 0.05) is 38.8 Å². The number of ether oxygens (including phenoxy) is 1. The summed E-state index contributed by atoms with van der Waals surface area (Å²) in [7, 11) is 0. The van der Waals surface area contributed by atoms with Crippen LogP contribution in [0.3, 0.4) is 0 Å². The van der Waals surface area contributed by atoms with E-state index in [4.69, 9.17) is 4.74 Å². The molecule has 190 valence electrons. The molecule has 2 aromatic rings. The Morgan fingerprint density at radius 1 is 1.14 bits per heavy atom. The van der Waals surface area contributed by atoms with Gasteiger partial charge in [0.2, 0.25) is 0 Å². The van der Waals surface area contributed by atoms with Crippen molar-refractivity contribution in [2.75, 3.05) is 0 Å². The van der Waals surface area contributed by atoms with Gasteiger partial charge in [-0.05, 0) is 58.8 Å². The average molecular weight is 554 g/mol. The summed E-state index contributed by atoms with van der Waals surface area (Å²) >= 11 is 3.65. The lowest BCUT2D eigenvalue weighted by Gasteiger charge is -2.66. The van der Waals surface area contributed by atoms with Crippen molar-refractivity contribution in [2.24, 2.45) is 22.7 Å². The van der Waals surface area contributed by atoms with E-state index in [1.165, 1.54) is 0 Å². The number of carbonyl (C=O) groups is 2. The zero-order valence-electron chi connectivity index (χ0n) is 21.0. The van der Waals surface area contributed by atoms with Gasteiger partial charge >= 0.3 is 0 Å². The number of phenols is 1. The molecule has 7 heteroatoms. The zero-order valence-corrected chi connectivity index (χ0v) is 22.6. The topological polar surface area (TPSA) is 95.9 Å². The molecule has 6 rings (SSSR count). The van der Waals surface area contributed by atoms with E-state index in [2.05, 4.69) is 35.1 Å². The number of aliphatic hydroxyl groups excluding tert-OH is 1. The molecule has 1 amide bonds. The van der Waals surface area contributed by atoms with E-state index in [0.29, 0.717) is 39.3 Å². The molecule has 0 aromatic heterocycles. The normalized spacial score (nSPS) is 36.2. The number of nitrogens with one attached hydrogen (secondary N) is 1. The number of ketones is 1. The number of rotatable bonds is 1. The van der Waals surface area contributed by atoms with Crippen LogP contribution < -0.4 is 10.1 Å². The first-order valence-electron chi connectivity index (χ1n) is 12.8. The Hall–Kier alpha value is -2.38. The van der Waals surface area contributed by atoms with E-state index in [1.54, 1.807) is 12.1 Å². The van der Waals surface area contributed by atoms with Crippen molar-refractivity contribution in [3.8, 4) is 11.5 Å². The number of aliphatic hydroxyl groups is 1. The van der Waals surface area contributed by atoms with Crippen LogP contribution in [0.1, 0.15) is 80.0 Å². The van der Waals surface area contributed by atoms with Crippen molar-refractivity contribution in [3.05, 3.63) is 57.1 Å². The van der Waals surface area contributed by atoms with Gasteiger partial charge in [-0.2, -0.15) is 0 Å². The molecule has 2 fully saturated rings. The lowest BCUT2D eigenvalue weighted by atomic mass is 9.43. The highest BCUT2D eigenvalue weighted by Gasteiger charge is 2.69. The van der Waals surface area contributed by atoms with Crippen LogP contribution in [-0.4, -0.2) is 33.6 Å². The molecule has 0 bridgehead atoms. The van der Waals surface area contributed by atoms with Crippen molar-refractivity contribution in [1.82, 2.24) is 5.32 Å². The molecular formula is C29H32BrNO5. The second-order valence-corrected chi connectivity index (χ2v) is 12.9. The van der Waals surface area contributed by atoms with Crippen LogP contribution in [0.4, 0.5) is 0 Å². The lowest BCUT2D eigenvalue weighted by Crippen LogP contribution is -2.72. The van der Waals surface area contributed by atoms with E-state index >= 15 is 0 Å². The molecule has 4 aliphatic rings. The second-order valence-electron chi connectivity index (χ2n) is 12.0. The maximum atomic E-state index is 13.2. The summed E-state index contributed by atoms with van der Waals surface area (Å²) in [5, 5.41) is 24.8. The Morgan fingerprint density at radius 2 is 1.86 bits per heavy atom. The monoisotopic (exact) mass is 553 g/mol. The van der Waals surface area contributed by atoms with Crippen LogP contribution in [0.25, 0.3) is 0 Å². The van der Waals surface area contributed by atoms with Crippen molar-refractivity contribution in [3.63, 3.8) is 0 Å². The molecule has 0 radical (unpaired) electrons. The minimum absolute atomic E-state index is 0.0665. The molecule has 3 N–H and O–H groups in total. The van der Waals surface area contributed by atoms with Gasteiger partial charge in [0.15, 0.2) is 5.78 Å². The first kappa shape index (κ1) is 24.0. The van der Waals surface area contributed by atoms with Crippen molar-refractivity contribution in [2.45, 2.75) is 71.1 Å². The second kappa shape index (κ2) is 7.57. The highest BCUT2D eigenvalue weighted by atomic mass is 79.9. The number of halogens is 1. The van der Waals surface area contributed by atoms with E-state index in [0.717, 1.165) is 18.4 Å². The number of hydrogen-bond acceptors (Lipinski definition) is 5. The number of amides is 1. The summed E-state index contributed by atoms with van der Waals surface area (Å²) < 4.78 is 7.89. The molecule has 2 saturated carbocycles. The molecule has 2 aromatic carbocycles. The van der Waals surface area contributed by atoms with E-state index < -0.39 is 23.2 Å². The molecule has 1 unspecified atom stereocenters. The Kier molecular flexibility index (Phi) is 5.05. The van der Waals surface area contributed by atoms with Crippen LogP contribution in [0.5, 0.6) is 11.5 Å². The van der Waals surface area contributed by atoms with Crippen LogP contribution in [-0.2, 0) is 11.2 Å². The molecule has 2 heterocycles. The summed E-state index contributed by atoms with van der Waals surface area (Å²) in [5.74, 6) is 0.660. The van der Waals surface area contributed by atoms with Gasteiger partial charge in [0.1, 0.15) is 23.2 Å². The van der Waals surface area contributed by atoms with Gasteiger partial charge in [0.25, 0.3) is 5.91 Å². The Labute approximate surface area is 219 Å². The van der Waals surface area contributed by atoms with Crippen LogP contribution >= 0.6 is 15.9 Å². The highest BCUT2D eigenvalue weighted by Crippen LogP contribution is 2.66. The van der Waals surface area contributed by atoms with Gasteiger partial charge in [-0.15, -0.1) is 0 Å². The molecular weight excluding hydrogens is 522 g/mol. The van der Waals surface area contributed by atoms with Gasteiger partial charge in [-0.3, -0.25) is 9.59 Å². The molecule has 2 aliphatic heterocycles. The van der Waals surface area contributed by atoms with Crippen LogP contribution in [0.15, 0.2) is 34.8 Å². The predicted octanol–water partition coefficient (Wildman–Crippen LogP) is 5.07. The van der Waals surface area contributed by atoms with Gasteiger partial charge in [-0.25, -0.2) is 0 Å². The Bertz CT molecular complexity index is 1320. The molecule has 6 nitrogen and oxygen atoms in total. The third-order valence-electron chi connectivity index (χ3n) is 10.0. The number of para-hydroxylation sites is 1. The van der Waals surface area contributed by atoms with Gasteiger partial charge in [-0.1, -0.05) is 45.9 Å². The lowest BCUT2D eigenvalue weighted by molar-refractivity contribution is -0.223. The summed E-state index contributed by atoms with van der Waals surface area (Å²) in [6, 6.07) is 8.44. The highest BCUT2D eigenvalue weighted by molar-refractivity contribution is 9.10. The first-order chi connectivity index (χ1) is 16.9. The predicted molar refractivity (Wildman–Crippen MR) is 138 cm³/mol.